The summed E-state index contributed by atoms with van der Waals surface area (Å²) in [5, 5.41) is 13.0. The maximum atomic E-state index is 13.8. The first-order valence-electron chi connectivity index (χ1n) is 17.2. The van der Waals surface area contributed by atoms with Gasteiger partial charge in [0.05, 0.1) is 12.8 Å². The van der Waals surface area contributed by atoms with E-state index >= 15 is 0 Å². The van der Waals surface area contributed by atoms with Gasteiger partial charge < -0.3 is 29.7 Å². The molecule has 0 aromatic heterocycles. The van der Waals surface area contributed by atoms with Crippen LogP contribution in [-0.2, 0) is 27.2 Å². The van der Waals surface area contributed by atoms with Gasteiger partial charge in [0.25, 0.3) is 11.8 Å². The van der Waals surface area contributed by atoms with Gasteiger partial charge >= 0.3 is 6.09 Å². The molecule has 0 aliphatic carbocycles. The van der Waals surface area contributed by atoms with Gasteiger partial charge in [0.2, 0.25) is 0 Å². The highest BCUT2D eigenvalue weighted by molar-refractivity contribution is 9.10. The number of benzene rings is 4. The van der Waals surface area contributed by atoms with Gasteiger partial charge in [0, 0.05) is 64.1 Å². The molecular weight excluding hydrogens is 792 g/mol. The molecule has 0 radical (unpaired) electrons. The molecule has 2 fully saturated rings. The lowest BCUT2D eigenvalue weighted by Gasteiger charge is -2.35. The van der Waals surface area contributed by atoms with E-state index in [-0.39, 0.29) is 17.6 Å². The predicted molar refractivity (Wildman–Crippen MR) is 209 cm³/mol. The highest BCUT2D eigenvalue weighted by Gasteiger charge is 2.58. The summed E-state index contributed by atoms with van der Waals surface area (Å²) in [5.74, 6) is 0.865. The number of fused-ring (bicyclic) bond motifs is 2. The molecule has 10 nitrogen and oxygen atoms in total. The quantitative estimate of drug-likeness (QED) is 0.214. The number of ether oxygens (including phenoxy) is 2. The van der Waals surface area contributed by atoms with Crippen molar-refractivity contribution in [3.05, 3.63) is 105 Å². The fourth-order valence-electron chi connectivity index (χ4n) is 7.61. The van der Waals surface area contributed by atoms with Crippen LogP contribution in [0.2, 0.25) is 0 Å². The molecule has 2 spiro atoms. The standard InChI is InChI=1S/C23H25BrN2O4.C17H15BrN2O2/c1-22(2,3)30-21(28)26-19-13-18(29-4)10-5-15(19)14-23(26)11-12-25(20(23)27)17-8-6-16(24)7-9-17;18-12-2-4-13(5-3-12)20-8-7-17(16(20)22)10-11-1-6-14(21)9-15(11)19-17/h5-10,13H,11-12,14H2,1-4H3;1-6,9,19,21H,7-8,10H2. The number of nitrogens with one attached hydrogen (secondary N) is 1. The number of phenolic OH excluding ortho intramolecular Hbond substituents is 1. The maximum absolute atomic E-state index is 13.8. The Kier molecular flexibility index (Phi) is 9.27. The van der Waals surface area contributed by atoms with Crippen molar-refractivity contribution in [3.63, 3.8) is 0 Å². The van der Waals surface area contributed by atoms with Crippen LogP contribution in [-0.4, -0.2) is 59.9 Å². The summed E-state index contributed by atoms with van der Waals surface area (Å²) >= 11 is 6.85. The Morgan fingerprint density at radius 1 is 0.788 bits per heavy atom. The molecule has 0 saturated carbocycles. The number of hydrogen-bond donors (Lipinski definition) is 2. The number of phenols is 1. The van der Waals surface area contributed by atoms with Gasteiger partial charge in [-0.3, -0.25) is 14.5 Å². The number of aromatic hydroxyl groups is 1. The molecule has 0 bridgehead atoms. The molecule has 4 heterocycles. The van der Waals surface area contributed by atoms with E-state index in [1.54, 1.807) is 29.0 Å². The average molecular weight is 833 g/mol. The zero-order valence-electron chi connectivity index (χ0n) is 29.4. The van der Waals surface area contributed by atoms with Crippen LogP contribution in [0.1, 0.15) is 44.7 Å². The van der Waals surface area contributed by atoms with Crippen LogP contribution in [0.3, 0.4) is 0 Å². The van der Waals surface area contributed by atoms with E-state index in [4.69, 9.17) is 9.47 Å². The smallest absolute Gasteiger partial charge is 0.415 e. The third-order valence-corrected chi connectivity index (χ3v) is 11.1. The lowest BCUT2D eigenvalue weighted by molar-refractivity contribution is -0.121. The van der Waals surface area contributed by atoms with Crippen LogP contribution in [0.15, 0.2) is 93.9 Å². The number of carbonyl (C=O) groups excluding carboxylic acids is 3. The van der Waals surface area contributed by atoms with Crippen molar-refractivity contribution >= 4 is 72.5 Å². The fraction of sp³-hybridized carbons (Fsp3) is 0.325. The first-order chi connectivity index (χ1) is 24.7. The Morgan fingerprint density at radius 3 is 2.00 bits per heavy atom. The minimum atomic E-state index is -0.996. The van der Waals surface area contributed by atoms with E-state index in [0.29, 0.717) is 43.8 Å². The zero-order valence-corrected chi connectivity index (χ0v) is 32.6. The van der Waals surface area contributed by atoms with Gasteiger partial charge in [-0.15, -0.1) is 0 Å². The molecule has 12 heteroatoms. The van der Waals surface area contributed by atoms with E-state index in [1.807, 2.05) is 98.5 Å². The Labute approximate surface area is 319 Å². The Morgan fingerprint density at radius 2 is 1.38 bits per heavy atom. The fourth-order valence-corrected chi connectivity index (χ4v) is 8.14. The largest absolute Gasteiger partial charge is 0.508 e. The topological polar surface area (TPSA) is 112 Å². The number of hydrogen-bond acceptors (Lipinski definition) is 7. The molecule has 2 unspecified atom stereocenters. The summed E-state index contributed by atoms with van der Waals surface area (Å²) in [6, 6.07) is 26.3. The first-order valence-corrected chi connectivity index (χ1v) is 18.8. The van der Waals surface area contributed by atoms with Gasteiger partial charge in [-0.2, -0.15) is 0 Å². The molecule has 52 heavy (non-hydrogen) atoms. The van der Waals surface area contributed by atoms with Gasteiger partial charge in [0.1, 0.15) is 28.2 Å². The number of halogens is 2. The number of anilines is 4. The van der Waals surface area contributed by atoms with Gasteiger partial charge in [0.15, 0.2) is 0 Å². The van der Waals surface area contributed by atoms with E-state index in [2.05, 4.69) is 37.2 Å². The summed E-state index contributed by atoms with van der Waals surface area (Å²) in [7, 11) is 1.58. The maximum Gasteiger partial charge on any atom is 0.415 e. The van der Waals surface area contributed by atoms with E-state index in [1.165, 1.54) is 0 Å². The van der Waals surface area contributed by atoms with Crippen molar-refractivity contribution in [2.75, 3.05) is 40.2 Å². The Balaban J connectivity index is 0.000000169. The molecular formula is C40H40Br2N4O6. The molecule has 2 N–H and O–H groups in total. The summed E-state index contributed by atoms with van der Waals surface area (Å²) in [6.45, 7) is 6.71. The monoisotopic (exact) mass is 830 g/mol. The SMILES string of the molecule is COc1ccc2c(c1)N(C(=O)OC(C)(C)C)C1(CCN(c3ccc(Br)cc3)C1=O)C2.O=C1N(c2ccc(Br)cc2)CCC12Cc1ccc(O)cc1N2. The number of rotatable bonds is 3. The molecule has 3 amide bonds. The van der Waals surface area contributed by atoms with Crippen LogP contribution >= 0.6 is 31.9 Å². The minimum absolute atomic E-state index is 0.0918. The number of nitrogens with zero attached hydrogens (tertiary/aromatic N) is 3. The average Bonchev–Trinajstić information content (AvgIpc) is 3.83. The Hall–Kier alpha value is -4.55. The van der Waals surface area contributed by atoms with Crippen LogP contribution < -0.4 is 24.8 Å². The second-order valence-electron chi connectivity index (χ2n) is 14.6. The summed E-state index contributed by atoms with van der Waals surface area (Å²) in [5.41, 5.74) is 3.07. The highest BCUT2D eigenvalue weighted by atomic mass is 79.9. The van der Waals surface area contributed by atoms with Gasteiger partial charge in [-0.25, -0.2) is 4.79 Å². The van der Waals surface area contributed by atoms with Crippen LogP contribution in [0, 0.1) is 0 Å². The number of methoxy groups -OCH3 is 1. The number of carbonyl (C=O) groups is 3. The lowest BCUT2D eigenvalue weighted by Crippen LogP contribution is -2.56. The van der Waals surface area contributed by atoms with E-state index in [0.717, 1.165) is 43.6 Å². The van der Waals surface area contributed by atoms with Crippen molar-refractivity contribution in [1.29, 1.82) is 0 Å². The predicted octanol–water partition coefficient (Wildman–Crippen LogP) is 8.23. The molecule has 4 aliphatic heterocycles. The van der Waals surface area contributed by atoms with Crippen molar-refractivity contribution in [1.82, 2.24) is 0 Å². The second-order valence-corrected chi connectivity index (χ2v) is 16.4. The van der Waals surface area contributed by atoms with Crippen molar-refractivity contribution in [2.24, 2.45) is 0 Å². The molecule has 8 rings (SSSR count). The van der Waals surface area contributed by atoms with Crippen LogP contribution in [0.4, 0.5) is 27.5 Å². The highest BCUT2D eigenvalue weighted by Crippen LogP contribution is 2.48. The molecule has 2 saturated heterocycles. The summed E-state index contributed by atoms with van der Waals surface area (Å²) in [6.07, 6.45) is 1.90. The Bertz CT molecular complexity index is 2050. The van der Waals surface area contributed by atoms with Gasteiger partial charge in [-0.1, -0.05) is 44.0 Å². The summed E-state index contributed by atoms with van der Waals surface area (Å²) < 4.78 is 13.0. The zero-order chi connectivity index (χ0) is 37.0. The minimum Gasteiger partial charge on any atom is -0.508 e. The van der Waals surface area contributed by atoms with E-state index in [9.17, 15) is 19.5 Å². The lowest BCUT2D eigenvalue weighted by atomic mass is 9.92. The second kappa shape index (κ2) is 13.5. The van der Waals surface area contributed by atoms with Crippen LogP contribution in [0.25, 0.3) is 0 Å². The molecule has 2 atom stereocenters. The molecule has 4 aromatic carbocycles. The molecule has 4 aromatic rings. The van der Waals surface area contributed by atoms with Gasteiger partial charge in [-0.05, 0) is 105 Å². The first kappa shape index (κ1) is 35.8. The third kappa shape index (κ3) is 6.51. The third-order valence-electron chi connectivity index (χ3n) is 10.1. The van der Waals surface area contributed by atoms with Crippen molar-refractivity contribution < 1.29 is 29.0 Å². The van der Waals surface area contributed by atoms with Crippen LogP contribution in [0.5, 0.6) is 11.5 Å². The van der Waals surface area contributed by atoms with Crippen molar-refractivity contribution in [3.8, 4) is 11.5 Å². The van der Waals surface area contributed by atoms with Crippen molar-refractivity contribution in [2.45, 2.75) is 63.1 Å². The summed E-state index contributed by atoms with van der Waals surface area (Å²) in [4.78, 5) is 45.2. The molecule has 270 valence electrons. The normalized spacial score (nSPS) is 21.6. The number of amides is 3. The van der Waals surface area contributed by atoms with E-state index < -0.39 is 22.8 Å². The molecule has 4 aliphatic rings.